The van der Waals surface area contributed by atoms with Gasteiger partial charge in [0.1, 0.15) is 17.4 Å². The molecule has 2 heterocycles. The number of nitrogens with one attached hydrogen (secondary N) is 2. The number of anilines is 1. The average Bonchev–Trinajstić information content (AvgIpc) is 2.70. The zero-order chi connectivity index (χ0) is 19.4. The van der Waals surface area contributed by atoms with Crippen molar-refractivity contribution in [2.45, 2.75) is 20.0 Å². The molecule has 0 amide bonds. The summed E-state index contributed by atoms with van der Waals surface area (Å²) in [4.78, 5) is 23.4. The predicted molar refractivity (Wildman–Crippen MR) is 104 cm³/mol. The molecular formula is C20H22N4O3. The summed E-state index contributed by atoms with van der Waals surface area (Å²) in [7, 11) is 1.59. The number of ether oxygens (including phenoxy) is 1. The second-order valence-corrected chi connectivity index (χ2v) is 6.23. The number of benzene rings is 1. The average molecular weight is 366 g/mol. The van der Waals surface area contributed by atoms with Crippen molar-refractivity contribution in [3.63, 3.8) is 0 Å². The molecule has 0 saturated heterocycles. The summed E-state index contributed by atoms with van der Waals surface area (Å²) < 4.78 is 5.17. The molecule has 0 fully saturated rings. The Morgan fingerprint density at radius 3 is 2.74 bits per heavy atom. The summed E-state index contributed by atoms with van der Waals surface area (Å²) in [5.41, 5.74) is 2.62. The number of hydrogen-bond acceptors (Lipinski definition) is 6. The number of methoxy groups -OCH3 is 1. The quantitative estimate of drug-likeness (QED) is 0.620. The first kappa shape index (κ1) is 18.6. The van der Waals surface area contributed by atoms with Crippen LogP contribution in [0.3, 0.4) is 0 Å². The van der Waals surface area contributed by atoms with E-state index < -0.39 is 6.10 Å². The summed E-state index contributed by atoms with van der Waals surface area (Å²) in [5, 5.41) is 13.4. The number of aryl methyl sites for hydroxylation is 1. The van der Waals surface area contributed by atoms with Crippen LogP contribution in [0.25, 0.3) is 11.4 Å². The van der Waals surface area contributed by atoms with E-state index in [9.17, 15) is 9.90 Å². The first-order chi connectivity index (χ1) is 13.0. The van der Waals surface area contributed by atoms with Crippen LogP contribution in [0.2, 0.25) is 0 Å². The molecule has 1 atom stereocenters. The molecule has 1 unspecified atom stereocenters. The molecule has 0 radical (unpaired) electrons. The molecular weight excluding hydrogens is 344 g/mol. The number of nitrogens with zero attached hydrogens (tertiary/aromatic N) is 2. The van der Waals surface area contributed by atoms with Gasteiger partial charge in [0.2, 0.25) is 0 Å². The molecule has 3 rings (SSSR count). The normalized spacial score (nSPS) is 11.9. The molecule has 1 aromatic carbocycles. The zero-order valence-corrected chi connectivity index (χ0v) is 15.5. The van der Waals surface area contributed by atoms with Gasteiger partial charge in [-0.1, -0.05) is 12.1 Å². The number of hydrogen-bond donors (Lipinski definition) is 3. The van der Waals surface area contributed by atoms with Crippen molar-refractivity contribution in [2.24, 2.45) is 0 Å². The van der Waals surface area contributed by atoms with E-state index in [0.29, 0.717) is 40.8 Å². The van der Waals surface area contributed by atoms with E-state index in [-0.39, 0.29) is 5.56 Å². The molecule has 27 heavy (non-hydrogen) atoms. The maximum Gasteiger partial charge on any atom is 0.254 e. The van der Waals surface area contributed by atoms with Crippen molar-refractivity contribution >= 4 is 5.82 Å². The fourth-order valence-electron chi connectivity index (χ4n) is 2.59. The van der Waals surface area contributed by atoms with Crippen molar-refractivity contribution in [1.29, 1.82) is 0 Å². The molecule has 3 aromatic rings. The van der Waals surface area contributed by atoms with E-state index in [1.165, 1.54) is 0 Å². The lowest BCUT2D eigenvalue weighted by Gasteiger charge is -2.14. The topological polar surface area (TPSA) is 100 Å². The summed E-state index contributed by atoms with van der Waals surface area (Å²) in [5.74, 6) is 1.80. The SMILES string of the molecule is COc1cccc(C(O)CNc2ccc(-c3nc(C)c(C)c(=O)[nH]3)cn2)c1. The van der Waals surface area contributed by atoms with Gasteiger partial charge in [-0.3, -0.25) is 4.79 Å². The van der Waals surface area contributed by atoms with Gasteiger partial charge in [-0.15, -0.1) is 0 Å². The number of aromatic nitrogens is 3. The van der Waals surface area contributed by atoms with E-state index in [1.807, 2.05) is 24.3 Å². The largest absolute Gasteiger partial charge is 0.497 e. The van der Waals surface area contributed by atoms with E-state index >= 15 is 0 Å². The maximum atomic E-state index is 11.9. The molecule has 3 N–H and O–H groups in total. The van der Waals surface area contributed by atoms with Crippen molar-refractivity contribution in [1.82, 2.24) is 15.0 Å². The highest BCUT2D eigenvalue weighted by Gasteiger charge is 2.10. The standard InChI is InChI=1S/C20H22N4O3/c1-12-13(2)23-19(24-20(12)26)15-7-8-18(21-10-15)22-11-17(25)14-5-4-6-16(9-14)27-3/h4-10,17,25H,11H2,1-3H3,(H,21,22)(H,23,24,26). The Balaban J connectivity index is 1.68. The number of aromatic amines is 1. The highest BCUT2D eigenvalue weighted by molar-refractivity contribution is 5.56. The van der Waals surface area contributed by atoms with Crippen LogP contribution in [0.1, 0.15) is 22.9 Å². The van der Waals surface area contributed by atoms with Crippen molar-refractivity contribution < 1.29 is 9.84 Å². The minimum absolute atomic E-state index is 0.152. The maximum absolute atomic E-state index is 11.9. The lowest BCUT2D eigenvalue weighted by Crippen LogP contribution is -2.14. The summed E-state index contributed by atoms with van der Waals surface area (Å²) in [6.45, 7) is 3.85. The fourth-order valence-corrected chi connectivity index (χ4v) is 2.59. The third-order valence-electron chi connectivity index (χ3n) is 4.39. The van der Waals surface area contributed by atoms with Crippen LogP contribution in [0.4, 0.5) is 5.82 Å². The van der Waals surface area contributed by atoms with Gasteiger partial charge in [-0.2, -0.15) is 0 Å². The van der Waals surface area contributed by atoms with Gasteiger partial charge in [-0.25, -0.2) is 9.97 Å². The fraction of sp³-hybridized carbons (Fsp3) is 0.250. The Bertz CT molecular complexity index is 983. The Morgan fingerprint density at radius 2 is 2.07 bits per heavy atom. The van der Waals surface area contributed by atoms with E-state index in [2.05, 4.69) is 20.3 Å². The number of H-pyrrole nitrogens is 1. The number of aliphatic hydroxyl groups is 1. The van der Waals surface area contributed by atoms with Gasteiger partial charge in [0.25, 0.3) is 5.56 Å². The predicted octanol–water partition coefficient (Wildman–Crippen LogP) is 2.60. The Morgan fingerprint density at radius 1 is 1.26 bits per heavy atom. The minimum Gasteiger partial charge on any atom is -0.497 e. The van der Waals surface area contributed by atoms with Crippen LogP contribution in [0, 0.1) is 13.8 Å². The smallest absolute Gasteiger partial charge is 0.254 e. The number of aliphatic hydroxyl groups excluding tert-OH is 1. The van der Waals surface area contributed by atoms with Crippen LogP contribution in [0.15, 0.2) is 47.4 Å². The van der Waals surface area contributed by atoms with Gasteiger partial charge >= 0.3 is 0 Å². The first-order valence-electron chi connectivity index (χ1n) is 8.57. The minimum atomic E-state index is -0.695. The van der Waals surface area contributed by atoms with Crippen LogP contribution < -0.4 is 15.6 Å². The van der Waals surface area contributed by atoms with Gasteiger partial charge in [0.15, 0.2) is 0 Å². The Kier molecular flexibility index (Phi) is 5.52. The highest BCUT2D eigenvalue weighted by Crippen LogP contribution is 2.20. The third kappa shape index (κ3) is 4.32. The summed E-state index contributed by atoms with van der Waals surface area (Å²) in [6, 6.07) is 10.9. The van der Waals surface area contributed by atoms with Crippen LogP contribution >= 0.6 is 0 Å². The second-order valence-electron chi connectivity index (χ2n) is 6.23. The molecule has 7 heteroatoms. The molecule has 0 aliphatic carbocycles. The summed E-state index contributed by atoms with van der Waals surface area (Å²) in [6.07, 6.45) is 0.937. The van der Waals surface area contributed by atoms with Crippen LogP contribution in [-0.2, 0) is 0 Å². The Labute approximate surface area is 157 Å². The van der Waals surface area contributed by atoms with E-state index in [4.69, 9.17) is 4.74 Å². The molecule has 7 nitrogen and oxygen atoms in total. The van der Waals surface area contributed by atoms with Gasteiger partial charge in [-0.05, 0) is 43.7 Å². The lowest BCUT2D eigenvalue weighted by atomic mass is 10.1. The number of rotatable bonds is 6. The molecule has 0 saturated carbocycles. The Hall–Kier alpha value is -3.19. The molecule has 2 aromatic heterocycles. The monoisotopic (exact) mass is 366 g/mol. The van der Waals surface area contributed by atoms with Crippen molar-refractivity contribution in [3.05, 3.63) is 69.8 Å². The lowest BCUT2D eigenvalue weighted by molar-refractivity contribution is 0.191. The van der Waals surface area contributed by atoms with E-state index in [1.54, 1.807) is 39.3 Å². The molecule has 0 aliphatic rings. The van der Waals surface area contributed by atoms with Crippen LogP contribution in [-0.4, -0.2) is 33.7 Å². The third-order valence-corrected chi connectivity index (χ3v) is 4.39. The summed E-state index contributed by atoms with van der Waals surface area (Å²) >= 11 is 0. The molecule has 140 valence electrons. The second kappa shape index (κ2) is 8.01. The van der Waals surface area contributed by atoms with Crippen molar-refractivity contribution in [3.8, 4) is 17.1 Å². The highest BCUT2D eigenvalue weighted by atomic mass is 16.5. The molecule has 0 spiro atoms. The number of pyridine rings is 1. The van der Waals surface area contributed by atoms with Gasteiger partial charge < -0.3 is 20.1 Å². The van der Waals surface area contributed by atoms with E-state index in [0.717, 1.165) is 5.56 Å². The van der Waals surface area contributed by atoms with Crippen LogP contribution in [0.5, 0.6) is 5.75 Å². The molecule has 0 aliphatic heterocycles. The van der Waals surface area contributed by atoms with Gasteiger partial charge in [0.05, 0.1) is 13.2 Å². The first-order valence-corrected chi connectivity index (χ1v) is 8.57. The van der Waals surface area contributed by atoms with Crippen molar-refractivity contribution in [2.75, 3.05) is 19.0 Å². The zero-order valence-electron chi connectivity index (χ0n) is 15.5. The van der Waals surface area contributed by atoms with Gasteiger partial charge in [0, 0.05) is 29.6 Å². The molecule has 0 bridgehead atoms.